The van der Waals surface area contributed by atoms with Crippen molar-refractivity contribution in [3.8, 4) is 11.5 Å². The zero-order valence-electron chi connectivity index (χ0n) is 14.0. The van der Waals surface area contributed by atoms with Crippen molar-refractivity contribution in [3.05, 3.63) is 34.4 Å². The average Bonchev–Trinajstić information content (AvgIpc) is 3.05. The molecule has 7 heteroatoms. The molecule has 1 aliphatic rings. The van der Waals surface area contributed by atoms with Crippen molar-refractivity contribution >= 4 is 11.6 Å². The summed E-state index contributed by atoms with van der Waals surface area (Å²) in [6.07, 6.45) is 2.50. The first-order valence-electron chi connectivity index (χ1n) is 7.95. The van der Waals surface area contributed by atoms with Crippen LogP contribution in [-0.2, 0) is 11.2 Å². The number of hydrogen-bond donors (Lipinski definition) is 0. The maximum Gasteiger partial charge on any atom is 0.229 e. The van der Waals surface area contributed by atoms with Crippen molar-refractivity contribution in [1.82, 2.24) is 10.1 Å². The number of ether oxygens (including phenoxy) is 3. The Bertz CT molecular complexity index is 704. The van der Waals surface area contributed by atoms with Gasteiger partial charge in [-0.2, -0.15) is 4.98 Å². The van der Waals surface area contributed by atoms with Gasteiger partial charge in [-0.05, 0) is 31.4 Å². The van der Waals surface area contributed by atoms with E-state index in [-0.39, 0.29) is 12.0 Å². The van der Waals surface area contributed by atoms with Gasteiger partial charge in [0.15, 0.2) is 17.3 Å². The Labute approximate surface area is 146 Å². The summed E-state index contributed by atoms with van der Waals surface area (Å²) in [5.74, 6) is 2.65. The van der Waals surface area contributed by atoms with Gasteiger partial charge in [-0.1, -0.05) is 22.8 Å². The standard InChI is InChI=1S/C17H21ClN2O4/c1-10-8-12(6-7-23-10)17-19-14(20-24-17)9-11-4-5-13(21-2)16(22-3)15(11)18/h4-5,10,12H,6-9H2,1-3H3. The van der Waals surface area contributed by atoms with Gasteiger partial charge in [-0.3, -0.25) is 0 Å². The third-order valence-corrected chi connectivity index (χ3v) is 4.65. The second kappa shape index (κ2) is 7.40. The van der Waals surface area contributed by atoms with Crippen molar-refractivity contribution in [3.63, 3.8) is 0 Å². The Morgan fingerprint density at radius 3 is 2.83 bits per heavy atom. The van der Waals surface area contributed by atoms with Crippen LogP contribution in [0, 0.1) is 0 Å². The van der Waals surface area contributed by atoms with Gasteiger partial charge in [0.25, 0.3) is 0 Å². The zero-order chi connectivity index (χ0) is 17.1. The van der Waals surface area contributed by atoms with E-state index in [1.54, 1.807) is 14.2 Å². The van der Waals surface area contributed by atoms with Gasteiger partial charge in [0.2, 0.25) is 5.89 Å². The van der Waals surface area contributed by atoms with Crippen molar-refractivity contribution in [2.24, 2.45) is 0 Å². The SMILES string of the molecule is COc1ccc(Cc2noc(C3CCOC(C)C3)n2)c(Cl)c1OC. The number of benzene rings is 1. The predicted octanol–water partition coefficient (Wildman–Crippen LogP) is 3.61. The highest BCUT2D eigenvalue weighted by molar-refractivity contribution is 6.33. The Hall–Kier alpha value is -1.79. The van der Waals surface area contributed by atoms with Crippen molar-refractivity contribution in [1.29, 1.82) is 0 Å². The van der Waals surface area contributed by atoms with Crippen LogP contribution in [0.3, 0.4) is 0 Å². The molecule has 0 amide bonds. The molecular formula is C17H21ClN2O4. The summed E-state index contributed by atoms with van der Waals surface area (Å²) in [5.41, 5.74) is 0.863. The van der Waals surface area contributed by atoms with Crippen LogP contribution >= 0.6 is 11.6 Å². The van der Waals surface area contributed by atoms with Gasteiger partial charge in [0.05, 0.1) is 25.3 Å². The molecule has 1 aromatic carbocycles. The maximum atomic E-state index is 6.41. The maximum absolute atomic E-state index is 6.41. The molecule has 2 atom stereocenters. The third kappa shape index (κ3) is 3.49. The minimum absolute atomic E-state index is 0.222. The highest BCUT2D eigenvalue weighted by Gasteiger charge is 2.26. The number of hydrogen-bond acceptors (Lipinski definition) is 6. The van der Waals surface area contributed by atoms with E-state index in [0.717, 1.165) is 25.0 Å². The summed E-state index contributed by atoms with van der Waals surface area (Å²) in [4.78, 5) is 4.54. The highest BCUT2D eigenvalue weighted by atomic mass is 35.5. The van der Waals surface area contributed by atoms with Gasteiger partial charge in [-0.15, -0.1) is 0 Å². The molecule has 130 valence electrons. The average molecular weight is 353 g/mol. The van der Waals surface area contributed by atoms with Crippen LogP contribution in [0.15, 0.2) is 16.7 Å². The van der Waals surface area contributed by atoms with E-state index in [2.05, 4.69) is 17.1 Å². The Balaban J connectivity index is 1.77. The molecule has 1 aromatic heterocycles. The molecule has 2 unspecified atom stereocenters. The lowest BCUT2D eigenvalue weighted by Crippen LogP contribution is -2.21. The molecule has 2 aromatic rings. The van der Waals surface area contributed by atoms with Crippen LogP contribution in [0.25, 0.3) is 0 Å². The topological polar surface area (TPSA) is 66.6 Å². The number of aromatic nitrogens is 2. The second-order valence-corrected chi connectivity index (χ2v) is 6.28. The van der Waals surface area contributed by atoms with Gasteiger partial charge in [0, 0.05) is 18.9 Å². The molecule has 1 fully saturated rings. The van der Waals surface area contributed by atoms with Gasteiger partial charge in [-0.25, -0.2) is 0 Å². The second-order valence-electron chi connectivity index (χ2n) is 5.90. The Morgan fingerprint density at radius 2 is 2.12 bits per heavy atom. The van der Waals surface area contributed by atoms with E-state index in [1.807, 2.05) is 12.1 Å². The Kier molecular flexibility index (Phi) is 5.26. The van der Waals surface area contributed by atoms with E-state index in [1.165, 1.54) is 0 Å². The molecule has 0 spiro atoms. The molecule has 24 heavy (non-hydrogen) atoms. The van der Waals surface area contributed by atoms with Crippen LogP contribution in [0.2, 0.25) is 5.02 Å². The smallest absolute Gasteiger partial charge is 0.229 e. The lowest BCUT2D eigenvalue weighted by molar-refractivity contribution is 0.0134. The lowest BCUT2D eigenvalue weighted by atomic mass is 9.96. The molecule has 0 saturated carbocycles. The van der Waals surface area contributed by atoms with Gasteiger partial charge in [0.1, 0.15) is 0 Å². The van der Waals surface area contributed by atoms with Crippen LogP contribution in [0.4, 0.5) is 0 Å². The quantitative estimate of drug-likeness (QED) is 0.818. The molecule has 1 saturated heterocycles. The number of halogens is 1. The van der Waals surface area contributed by atoms with E-state index in [0.29, 0.717) is 34.7 Å². The van der Waals surface area contributed by atoms with Gasteiger partial charge < -0.3 is 18.7 Å². The summed E-state index contributed by atoms with van der Waals surface area (Å²) >= 11 is 6.41. The van der Waals surface area contributed by atoms with Crippen molar-refractivity contribution in [2.75, 3.05) is 20.8 Å². The van der Waals surface area contributed by atoms with Crippen LogP contribution < -0.4 is 9.47 Å². The van der Waals surface area contributed by atoms with E-state index in [9.17, 15) is 0 Å². The van der Waals surface area contributed by atoms with Gasteiger partial charge >= 0.3 is 0 Å². The third-order valence-electron chi connectivity index (χ3n) is 4.23. The zero-order valence-corrected chi connectivity index (χ0v) is 14.8. The molecule has 1 aliphatic heterocycles. The molecule has 0 aliphatic carbocycles. The highest BCUT2D eigenvalue weighted by Crippen LogP contribution is 2.38. The van der Waals surface area contributed by atoms with Crippen LogP contribution in [-0.4, -0.2) is 37.1 Å². The van der Waals surface area contributed by atoms with E-state index < -0.39 is 0 Å². The van der Waals surface area contributed by atoms with Crippen molar-refractivity contribution < 1.29 is 18.7 Å². The minimum atomic E-state index is 0.222. The van der Waals surface area contributed by atoms with E-state index in [4.69, 9.17) is 30.3 Å². The fraction of sp³-hybridized carbons (Fsp3) is 0.529. The summed E-state index contributed by atoms with van der Waals surface area (Å²) < 4.78 is 21.6. The lowest BCUT2D eigenvalue weighted by Gasteiger charge is -2.24. The number of methoxy groups -OCH3 is 2. The first-order valence-corrected chi connectivity index (χ1v) is 8.33. The molecular weight excluding hydrogens is 332 g/mol. The largest absolute Gasteiger partial charge is 0.493 e. The predicted molar refractivity (Wildman–Crippen MR) is 89.0 cm³/mol. The summed E-state index contributed by atoms with van der Waals surface area (Å²) in [6, 6.07) is 3.71. The van der Waals surface area contributed by atoms with Crippen LogP contribution in [0.1, 0.15) is 43.0 Å². The van der Waals surface area contributed by atoms with Crippen LogP contribution in [0.5, 0.6) is 11.5 Å². The normalized spacial score (nSPS) is 20.8. The molecule has 6 nitrogen and oxygen atoms in total. The molecule has 0 N–H and O–H groups in total. The summed E-state index contributed by atoms with van der Waals surface area (Å²) in [7, 11) is 3.14. The number of rotatable bonds is 5. The summed E-state index contributed by atoms with van der Waals surface area (Å²) in [6.45, 7) is 2.79. The molecule has 0 radical (unpaired) electrons. The monoisotopic (exact) mass is 352 g/mol. The Morgan fingerprint density at radius 1 is 1.29 bits per heavy atom. The summed E-state index contributed by atoms with van der Waals surface area (Å²) in [5, 5.41) is 4.60. The fourth-order valence-electron chi connectivity index (χ4n) is 2.96. The molecule has 3 rings (SSSR count). The first kappa shape index (κ1) is 17.0. The van der Waals surface area contributed by atoms with Crippen molar-refractivity contribution in [2.45, 2.75) is 38.2 Å². The minimum Gasteiger partial charge on any atom is -0.493 e. The number of nitrogens with zero attached hydrogens (tertiary/aromatic N) is 2. The van der Waals surface area contributed by atoms with E-state index >= 15 is 0 Å². The molecule has 0 bridgehead atoms. The first-order chi connectivity index (χ1) is 11.6. The fourth-order valence-corrected chi connectivity index (χ4v) is 3.26. The molecule has 2 heterocycles.